The van der Waals surface area contributed by atoms with Crippen molar-refractivity contribution in [3.8, 4) is 5.69 Å². The number of morpholine rings is 1. The van der Waals surface area contributed by atoms with E-state index in [9.17, 15) is 9.59 Å². The Hall–Kier alpha value is -3.27. The third kappa shape index (κ3) is 5.39. The highest BCUT2D eigenvalue weighted by atomic mass is 35.5. The minimum absolute atomic E-state index is 0.0275. The van der Waals surface area contributed by atoms with Crippen LogP contribution in [0.25, 0.3) is 5.69 Å². The van der Waals surface area contributed by atoms with Gasteiger partial charge >= 0.3 is 5.97 Å². The maximum atomic E-state index is 14.1. The van der Waals surface area contributed by atoms with Crippen molar-refractivity contribution in [2.24, 2.45) is 0 Å². The fourth-order valence-electron chi connectivity index (χ4n) is 4.96. The molecule has 1 saturated heterocycles. The van der Waals surface area contributed by atoms with Crippen LogP contribution in [0, 0.1) is 6.92 Å². The van der Waals surface area contributed by atoms with E-state index in [1.54, 1.807) is 26.1 Å². The Morgan fingerprint density at radius 1 is 1.16 bits per heavy atom. The van der Waals surface area contributed by atoms with Gasteiger partial charge in [0, 0.05) is 50.2 Å². The summed E-state index contributed by atoms with van der Waals surface area (Å²) in [4.78, 5) is 35.2. The van der Waals surface area contributed by atoms with Crippen molar-refractivity contribution < 1.29 is 19.1 Å². The summed E-state index contributed by atoms with van der Waals surface area (Å²) in [6, 6.07) is 9.87. The van der Waals surface area contributed by atoms with Gasteiger partial charge in [-0.1, -0.05) is 35.9 Å². The number of carbonyl (C=O) groups is 2. The number of esters is 1. The molecule has 0 saturated carbocycles. The molecule has 0 bridgehead atoms. The van der Waals surface area contributed by atoms with E-state index in [-0.39, 0.29) is 29.9 Å². The van der Waals surface area contributed by atoms with Gasteiger partial charge in [0.05, 0.1) is 30.5 Å². The highest BCUT2D eigenvalue weighted by molar-refractivity contribution is 6.30. The van der Waals surface area contributed by atoms with Crippen molar-refractivity contribution in [3.63, 3.8) is 0 Å². The second-order valence-electron chi connectivity index (χ2n) is 9.32. The maximum absolute atomic E-state index is 14.1. The van der Waals surface area contributed by atoms with Gasteiger partial charge in [-0.3, -0.25) is 9.69 Å². The molecule has 1 amide bonds. The van der Waals surface area contributed by atoms with Crippen LogP contribution in [0.1, 0.15) is 44.6 Å². The smallest absolute Gasteiger partial charge is 0.359 e. The zero-order valence-electron chi connectivity index (χ0n) is 21.0. The van der Waals surface area contributed by atoms with E-state index < -0.39 is 5.97 Å². The number of hydrogen-bond acceptors (Lipinski definition) is 7. The Morgan fingerprint density at radius 3 is 2.68 bits per heavy atom. The van der Waals surface area contributed by atoms with Crippen LogP contribution in [0.15, 0.2) is 42.7 Å². The monoisotopic (exact) mass is 523 g/mol. The largest absolute Gasteiger partial charge is 0.461 e. The molecule has 194 valence electrons. The van der Waals surface area contributed by atoms with Gasteiger partial charge in [-0.2, -0.15) is 5.10 Å². The summed E-state index contributed by atoms with van der Waals surface area (Å²) in [6.07, 6.45) is 3.92. The summed E-state index contributed by atoms with van der Waals surface area (Å²) in [5.74, 6) is -0.718. The first-order chi connectivity index (χ1) is 17.9. The number of aryl methyl sites for hydroxylation is 1. The van der Waals surface area contributed by atoms with Gasteiger partial charge in [-0.25, -0.2) is 14.5 Å². The number of carbonyl (C=O) groups excluding carboxylic acids is 2. The Kier molecular flexibility index (Phi) is 7.55. The van der Waals surface area contributed by atoms with E-state index in [1.165, 1.54) is 16.4 Å². The number of hydrogen-bond donors (Lipinski definition) is 0. The van der Waals surface area contributed by atoms with Crippen molar-refractivity contribution in [2.75, 3.05) is 39.5 Å². The molecule has 0 aliphatic carbocycles. The summed E-state index contributed by atoms with van der Waals surface area (Å²) in [7, 11) is 0. The van der Waals surface area contributed by atoms with Crippen LogP contribution in [-0.2, 0) is 22.4 Å². The van der Waals surface area contributed by atoms with Crippen LogP contribution in [0.2, 0.25) is 5.02 Å². The zero-order chi connectivity index (χ0) is 25.9. The molecular weight excluding hydrogens is 494 g/mol. The lowest BCUT2D eigenvalue weighted by Gasteiger charge is -2.40. The first-order valence-corrected chi connectivity index (χ1v) is 12.9. The molecule has 5 rings (SSSR count). The van der Waals surface area contributed by atoms with E-state index >= 15 is 0 Å². The highest BCUT2D eigenvalue weighted by Gasteiger charge is 2.34. The highest BCUT2D eigenvalue weighted by Crippen LogP contribution is 2.28. The number of benzene rings is 1. The van der Waals surface area contributed by atoms with Crippen LogP contribution in [0.4, 0.5) is 0 Å². The number of rotatable bonds is 6. The van der Waals surface area contributed by atoms with Crippen molar-refractivity contribution in [1.29, 1.82) is 0 Å². The Balaban J connectivity index is 1.50. The topological polar surface area (TPSA) is 89.8 Å². The summed E-state index contributed by atoms with van der Waals surface area (Å²) < 4.78 is 12.1. The zero-order valence-corrected chi connectivity index (χ0v) is 21.8. The standard InChI is InChI=1S/C27H30ClN5O4/c1-3-37-27(35)24-18(2)15-33(30-24)23-13-21(28)14-29-25(23)26(34)32-16-20-7-5-4-6-19(20)12-22(32)17-31-8-10-36-11-9-31/h4-7,13-15,22H,3,8-12,16-17H2,1-2H3/t22-/m0/s1. The maximum Gasteiger partial charge on any atom is 0.359 e. The molecule has 3 aromatic rings. The lowest BCUT2D eigenvalue weighted by molar-refractivity contribution is 0.0191. The van der Waals surface area contributed by atoms with E-state index in [0.717, 1.165) is 31.6 Å². The van der Waals surface area contributed by atoms with Crippen LogP contribution >= 0.6 is 11.6 Å². The lowest BCUT2D eigenvalue weighted by atomic mass is 9.93. The molecule has 2 aliphatic rings. The number of amides is 1. The Morgan fingerprint density at radius 2 is 1.92 bits per heavy atom. The molecule has 0 N–H and O–H groups in total. The summed E-state index contributed by atoms with van der Waals surface area (Å²) in [6.45, 7) is 8.07. The Labute approximate surface area is 220 Å². The van der Waals surface area contributed by atoms with E-state index in [4.69, 9.17) is 21.1 Å². The predicted molar refractivity (Wildman–Crippen MR) is 138 cm³/mol. The SMILES string of the molecule is CCOC(=O)c1nn(-c2cc(Cl)cnc2C(=O)N2Cc3ccccc3C[C@H]2CN2CCOCC2)cc1C. The second-order valence-corrected chi connectivity index (χ2v) is 9.76. The molecule has 0 radical (unpaired) electrons. The summed E-state index contributed by atoms with van der Waals surface area (Å²) in [5, 5.41) is 4.79. The summed E-state index contributed by atoms with van der Waals surface area (Å²) >= 11 is 6.30. The average Bonchev–Trinajstić information content (AvgIpc) is 3.30. The minimum atomic E-state index is -0.514. The van der Waals surface area contributed by atoms with Crippen molar-refractivity contribution in [1.82, 2.24) is 24.6 Å². The molecule has 10 heteroatoms. The van der Waals surface area contributed by atoms with Crippen molar-refractivity contribution >= 4 is 23.5 Å². The third-order valence-electron chi connectivity index (χ3n) is 6.84. The second kappa shape index (κ2) is 11.0. The number of aromatic nitrogens is 3. The van der Waals surface area contributed by atoms with Crippen LogP contribution in [0.5, 0.6) is 0 Å². The van der Waals surface area contributed by atoms with Crippen molar-refractivity contribution in [2.45, 2.75) is 32.9 Å². The quantitative estimate of drug-likeness (QED) is 0.458. The molecule has 1 aromatic carbocycles. The summed E-state index contributed by atoms with van der Waals surface area (Å²) in [5.41, 5.74) is 3.86. The Bertz CT molecular complexity index is 1300. The van der Waals surface area contributed by atoms with Crippen LogP contribution in [0.3, 0.4) is 0 Å². The van der Waals surface area contributed by atoms with Crippen LogP contribution < -0.4 is 0 Å². The first kappa shape index (κ1) is 25.4. The van der Waals surface area contributed by atoms with Gasteiger partial charge in [0.2, 0.25) is 0 Å². The molecular formula is C27H30ClN5O4. The normalized spacial score (nSPS) is 17.9. The molecule has 4 heterocycles. The van der Waals surface area contributed by atoms with Crippen molar-refractivity contribution in [3.05, 3.63) is 75.8 Å². The van der Waals surface area contributed by atoms with Crippen LogP contribution in [-0.4, -0.2) is 81.9 Å². The molecule has 1 fully saturated rings. The van der Waals surface area contributed by atoms with E-state index in [1.807, 2.05) is 17.0 Å². The lowest BCUT2D eigenvalue weighted by Crippen LogP contribution is -2.52. The number of nitrogens with zero attached hydrogens (tertiary/aromatic N) is 5. The molecule has 2 aromatic heterocycles. The number of ether oxygens (including phenoxy) is 2. The minimum Gasteiger partial charge on any atom is -0.461 e. The van der Waals surface area contributed by atoms with E-state index in [0.29, 0.717) is 36.0 Å². The average molecular weight is 524 g/mol. The molecule has 0 unspecified atom stereocenters. The number of pyridine rings is 1. The number of halogens is 1. The van der Waals surface area contributed by atoms with Gasteiger partial charge in [-0.15, -0.1) is 0 Å². The molecule has 1 atom stereocenters. The molecule has 0 spiro atoms. The third-order valence-corrected chi connectivity index (χ3v) is 7.05. The van der Waals surface area contributed by atoms with Gasteiger partial charge < -0.3 is 14.4 Å². The van der Waals surface area contributed by atoms with E-state index in [2.05, 4.69) is 27.1 Å². The number of fused-ring (bicyclic) bond motifs is 1. The molecule has 9 nitrogen and oxygen atoms in total. The van der Waals surface area contributed by atoms with Gasteiger partial charge in [-0.05, 0) is 37.5 Å². The fraction of sp³-hybridized carbons (Fsp3) is 0.407. The van der Waals surface area contributed by atoms with Gasteiger partial charge in [0.25, 0.3) is 5.91 Å². The van der Waals surface area contributed by atoms with Gasteiger partial charge in [0.15, 0.2) is 11.4 Å². The fourth-order valence-corrected chi connectivity index (χ4v) is 5.11. The van der Waals surface area contributed by atoms with Gasteiger partial charge in [0.1, 0.15) is 0 Å². The first-order valence-electron chi connectivity index (χ1n) is 12.5. The predicted octanol–water partition coefficient (Wildman–Crippen LogP) is 3.31. The molecule has 37 heavy (non-hydrogen) atoms. The molecule has 2 aliphatic heterocycles.